The van der Waals surface area contributed by atoms with Gasteiger partial charge in [0.25, 0.3) is 0 Å². The molecule has 0 heterocycles. The van der Waals surface area contributed by atoms with E-state index in [9.17, 15) is 13.2 Å². The lowest BCUT2D eigenvalue weighted by atomic mass is 9.70. The Balaban J connectivity index is 2.42. The first-order valence-corrected chi connectivity index (χ1v) is 8.35. The molecular formula is C14H24O3S. The number of rotatable bonds is 2. The van der Waals surface area contributed by atoms with Crippen LogP contribution in [0.2, 0.25) is 0 Å². The van der Waals surface area contributed by atoms with E-state index in [0.29, 0.717) is 12.3 Å². The van der Waals surface area contributed by atoms with E-state index in [-0.39, 0.29) is 17.0 Å². The van der Waals surface area contributed by atoms with Crippen LogP contribution in [0.3, 0.4) is 0 Å². The van der Waals surface area contributed by atoms with Crippen molar-refractivity contribution in [1.82, 2.24) is 0 Å². The predicted molar refractivity (Wildman–Crippen MR) is 72.1 cm³/mol. The Bertz CT molecular complexity index is 482. The minimum atomic E-state index is -3.25. The van der Waals surface area contributed by atoms with Crippen molar-refractivity contribution in [2.24, 2.45) is 16.7 Å². The topological polar surface area (TPSA) is 51.2 Å². The Hall–Kier alpha value is -0.380. The zero-order chi connectivity index (χ0) is 14.0. The van der Waals surface area contributed by atoms with Crippen LogP contribution >= 0.6 is 0 Å². The van der Waals surface area contributed by atoms with Gasteiger partial charge in [-0.1, -0.05) is 13.8 Å². The molecule has 18 heavy (non-hydrogen) atoms. The molecule has 0 aromatic heterocycles. The Morgan fingerprint density at radius 2 is 1.83 bits per heavy atom. The summed E-state index contributed by atoms with van der Waals surface area (Å²) in [6.07, 6.45) is 2.32. The molecule has 2 aliphatic rings. The average molecular weight is 272 g/mol. The highest BCUT2D eigenvalue weighted by atomic mass is 32.2. The van der Waals surface area contributed by atoms with E-state index in [2.05, 4.69) is 13.8 Å². The molecule has 4 heteroatoms. The van der Waals surface area contributed by atoms with Crippen LogP contribution in [-0.2, 0) is 14.6 Å². The normalized spacial score (nSPS) is 35.2. The van der Waals surface area contributed by atoms with Crippen molar-refractivity contribution in [2.45, 2.75) is 58.6 Å². The summed E-state index contributed by atoms with van der Waals surface area (Å²) in [4.78, 5) is 12.3. The van der Waals surface area contributed by atoms with Gasteiger partial charge in [0, 0.05) is 11.8 Å². The summed E-state index contributed by atoms with van der Waals surface area (Å²) in [5.74, 6) is 0.586. The van der Waals surface area contributed by atoms with E-state index in [0.717, 1.165) is 12.8 Å². The van der Waals surface area contributed by atoms with Gasteiger partial charge >= 0.3 is 0 Å². The number of Topliss-reactive ketones (excluding diaryl/α,β-unsaturated/α-hetero) is 1. The van der Waals surface area contributed by atoms with Crippen LogP contribution in [0, 0.1) is 16.7 Å². The van der Waals surface area contributed by atoms with Crippen LogP contribution in [-0.4, -0.2) is 24.7 Å². The molecule has 0 aliphatic heterocycles. The molecule has 2 aliphatic carbocycles. The SMILES string of the molecule is CC1(C)C2CC[C@@]1(CS(=O)(=O)C(C)(C)C)C(=O)C2. The Morgan fingerprint density at radius 1 is 1.28 bits per heavy atom. The van der Waals surface area contributed by atoms with Gasteiger partial charge in [0.2, 0.25) is 0 Å². The van der Waals surface area contributed by atoms with Crippen LogP contribution < -0.4 is 0 Å². The number of hydrogen-bond donors (Lipinski definition) is 0. The van der Waals surface area contributed by atoms with Crippen molar-refractivity contribution in [2.75, 3.05) is 5.75 Å². The zero-order valence-electron chi connectivity index (χ0n) is 12.0. The summed E-state index contributed by atoms with van der Waals surface area (Å²) >= 11 is 0. The monoisotopic (exact) mass is 272 g/mol. The second-order valence-electron chi connectivity index (χ2n) is 7.54. The van der Waals surface area contributed by atoms with Crippen LogP contribution in [0.5, 0.6) is 0 Å². The van der Waals surface area contributed by atoms with Gasteiger partial charge in [-0.15, -0.1) is 0 Å². The molecule has 0 aromatic rings. The molecule has 2 saturated carbocycles. The van der Waals surface area contributed by atoms with Gasteiger partial charge < -0.3 is 0 Å². The lowest BCUT2D eigenvalue weighted by Crippen LogP contribution is -2.46. The summed E-state index contributed by atoms with van der Waals surface area (Å²) in [7, 11) is -3.25. The predicted octanol–water partition coefficient (Wildman–Crippen LogP) is 2.60. The highest BCUT2D eigenvalue weighted by Crippen LogP contribution is 2.64. The minimum Gasteiger partial charge on any atom is -0.299 e. The lowest BCUT2D eigenvalue weighted by molar-refractivity contribution is -0.128. The van der Waals surface area contributed by atoms with Crippen molar-refractivity contribution in [3.8, 4) is 0 Å². The molecule has 2 atom stereocenters. The van der Waals surface area contributed by atoms with Gasteiger partial charge in [-0.25, -0.2) is 8.42 Å². The lowest BCUT2D eigenvalue weighted by Gasteiger charge is -2.38. The van der Waals surface area contributed by atoms with Gasteiger partial charge in [0.15, 0.2) is 9.84 Å². The number of carbonyl (C=O) groups excluding carboxylic acids is 1. The van der Waals surface area contributed by atoms with Crippen LogP contribution in [0.1, 0.15) is 53.9 Å². The van der Waals surface area contributed by atoms with Crippen molar-refractivity contribution >= 4 is 15.6 Å². The molecule has 0 spiro atoms. The van der Waals surface area contributed by atoms with Crippen molar-refractivity contribution in [1.29, 1.82) is 0 Å². The molecule has 104 valence electrons. The zero-order valence-corrected chi connectivity index (χ0v) is 12.9. The Kier molecular flexibility index (Phi) is 2.80. The number of carbonyl (C=O) groups is 1. The van der Waals surface area contributed by atoms with E-state index < -0.39 is 20.0 Å². The fourth-order valence-electron chi connectivity index (χ4n) is 3.65. The summed E-state index contributed by atoms with van der Waals surface area (Å²) in [6.45, 7) is 9.31. The fraction of sp³-hybridized carbons (Fsp3) is 0.929. The van der Waals surface area contributed by atoms with Crippen LogP contribution in [0.4, 0.5) is 0 Å². The average Bonchev–Trinajstić information content (AvgIpc) is 2.48. The van der Waals surface area contributed by atoms with Gasteiger partial charge in [0.1, 0.15) is 5.78 Å². The molecule has 2 fully saturated rings. The van der Waals surface area contributed by atoms with Crippen molar-refractivity contribution in [3.05, 3.63) is 0 Å². The molecule has 0 aromatic carbocycles. The Morgan fingerprint density at radius 3 is 2.17 bits per heavy atom. The second-order valence-corrected chi connectivity index (χ2v) is 10.3. The van der Waals surface area contributed by atoms with E-state index in [4.69, 9.17) is 0 Å². The number of sulfone groups is 1. The van der Waals surface area contributed by atoms with Gasteiger partial charge in [0.05, 0.1) is 10.5 Å². The van der Waals surface area contributed by atoms with Crippen molar-refractivity contribution in [3.63, 3.8) is 0 Å². The molecule has 0 N–H and O–H groups in total. The first-order valence-electron chi connectivity index (χ1n) is 6.70. The van der Waals surface area contributed by atoms with Gasteiger partial charge in [-0.3, -0.25) is 4.79 Å². The quantitative estimate of drug-likeness (QED) is 0.776. The summed E-state index contributed by atoms with van der Waals surface area (Å²) in [5, 5.41) is 0. The molecular weight excluding hydrogens is 248 g/mol. The van der Waals surface area contributed by atoms with E-state index >= 15 is 0 Å². The third-order valence-corrected chi connectivity index (χ3v) is 8.25. The third-order valence-electron chi connectivity index (χ3n) is 5.51. The standard InChI is InChI=1S/C14H24O3S/c1-12(2,3)18(16,17)9-14-7-6-10(8-11(14)15)13(14,4)5/h10H,6-9H2,1-5H3/t10?,14-/m1/s1. The van der Waals surface area contributed by atoms with E-state index in [1.165, 1.54) is 0 Å². The molecule has 0 radical (unpaired) electrons. The minimum absolute atomic E-state index is 0.0336. The Labute approximate surface area is 110 Å². The molecule has 2 bridgehead atoms. The first kappa shape index (κ1) is 14.0. The second kappa shape index (κ2) is 3.59. The molecule has 0 saturated heterocycles. The number of hydrogen-bond acceptors (Lipinski definition) is 3. The molecule has 3 nitrogen and oxygen atoms in total. The van der Waals surface area contributed by atoms with Crippen LogP contribution in [0.15, 0.2) is 0 Å². The maximum Gasteiger partial charge on any atom is 0.156 e. The molecule has 2 rings (SSSR count). The van der Waals surface area contributed by atoms with E-state index in [1.807, 2.05) is 0 Å². The molecule has 1 unspecified atom stereocenters. The smallest absolute Gasteiger partial charge is 0.156 e. The van der Waals surface area contributed by atoms with Gasteiger partial charge in [-0.2, -0.15) is 0 Å². The first-order chi connectivity index (χ1) is 7.94. The summed E-state index contributed by atoms with van der Waals surface area (Å²) < 4.78 is 24.2. The maximum absolute atomic E-state index is 12.5. The fourth-order valence-corrected chi connectivity index (χ4v) is 5.41. The number of fused-ring (bicyclic) bond motifs is 2. The van der Waals surface area contributed by atoms with Crippen molar-refractivity contribution < 1.29 is 13.2 Å². The molecule has 0 amide bonds. The third kappa shape index (κ3) is 1.60. The highest BCUT2D eigenvalue weighted by molar-refractivity contribution is 7.92. The van der Waals surface area contributed by atoms with Gasteiger partial charge in [-0.05, 0) is 44.9 Å². The van der Waals surface area contributed by atoms with E-state index in [1.54, 1.807) is 20.8 Å². The summed E-state index contributed by atoms with van der Waals surface area (Å²) in [5.41, 5.74) is -0.786. The largest absolute Gasteiger partial charge is 0.299 e. The summed E-state index contributed by atoms with van der Waals surface area (Å²) in [6, 6.07) is 0. The number of ketones is 1. The maximum atomic E-state index is 12.5. The van der Waals surface area contributed by atoms with Crippen LogP contribution in [0.25, 0.3) is 0 Å². The highest BCUT2D eigenvalue weighted by Gasteiger charge is 2.65.